The Morgan fingerprint density at radius 2 is 1.97 bits per heavy atom. The van der Waals surface area contributed by atoms with E-state index in [0.29, 0.717) is 56.0 Å². The van der Waals surface area contributed by atoms with Crippen LogP contribution in [0.1, 0.15) is 53.8 Å². The normalized spacial score (nSPS) is 19.5. The minimum Gasteiger partial charge on any atom is -0.378 e. The number of amides is 2. The standard InChI is InChI=1S/C25H28FN3O3/c26-16-6-8-22-19(14-16)20(25(31)28-22)15-23-18(17-4-2-1-3-5-21(17)27-23)7-9-24(30)29-10-12-32-13-11-29/h6,8,14-15,27H,1-5,7,9-13H2,(H,28,31). The Bertz CT molecular complexity index is 1080. The molecule has 1 fully saturated rings. The average molecular weight is 438 g/mol. The number of rotatable bonds is 4. The first kappa shape index (κ1) is 20.9. The summed E-state index contributed by atoms with van der Waals surface area (Å²) in [7, 11) is 0. The minimum absolute atomic E-state index is 0.140. The van der Waals surface area contributed by atoms with E-state index in [1.807, 2.05) is 11.0 Å². The molecule has 2 amide bonds. The fourth-order valence-electron chi connectivity index (χ4n) is 5.01. The number of carbonyl (C=O) groups is 2. The molecule has 2 aromatic rings. The van der Waals surface area contributed by atoms with E-state index in [1.165, 1.54) is 29.8 Å². The van der Waals surface area contributed by atoms with Gasteiger partial charge in [-0.15, -0.1) is 0 Å². The van der Waals surface area contributed by atoms with Crippen LogP contribution in [0.25, 0.3) is 11.6 Å². The van der Waals surface area contributed by atoms with Gasteiger partial charge in [0.15, 0.2) is 0 Å². The van der Waals surface area contributed by atoms with Crippen molar-refractivity contribution in [2.75, 3.05) is 31.6 Å². The van der Waals surface area contributed by atoms with E-state index in [0.717, 1.165) is 36.9 Å². The largest absolute Gasteiger partial charge is 0.378 e. The van der Waals surface area contributed by atoms with Gasteiger partial charge in [-0.2, -0.15) is 0 Å². The van der Waals surface area contributed by atoms with Crippen LogP contribution in [0, 0.1) is 5.82 Å². The summed E-state index contributed by atoms with van der Waals surface area (Å²) in [5, 5.41) is 2.82. The number of carbonyl (C=O) groups excluding carboxylic acids is 2. The van der Waals surface area contributed by atoms with Crippen molar-refractivity contribution in [1.29, 1.82) is 0 Å². The van der Waals surface area contributed by atoms with Crippen molar-refractivity contribution in [2.24, 2.45) is 0 Å². The van der Waals surface area contributed by atoms with Crippen LogP contribution in [0.2, 0.25) is 0 Å². The highest BCUT2D eigenvalue weighted by Gasteiger charge is 2.27. The summed E-state index contributed by atoms with van der Waals surface area (Å²) in [6.07, 6.45) is 8.29. The lowest BCUT2D eigenvalue weighted by molar-refractivity contribution is -0.135. The molecule has 1 saturated heterocycles. The molecule has 3 aliphatic rings. The molecule has 5 rings (SSSR count). The average Bonchev–Trinajstić information content (AvgIpc) is 3.17. The molecule has 0 spiro atoms. The number of aryl methyl sites for hydroxylation is 1. The van der Waals surface area contributed by atoms with Gasteiger partial charge in [0.25, 0.3) is 5.91 Å². The second-order valence-corrected chi connectivity index (χ2v) is 8.73. The van der Waals surface area contributed by atoms with Gasteiger partial charge in [0.1, 0.15) is 5.82 Å². The van der Waals surface area contributed by atoms with Gasteiger partial charge in [0.2, 0.25) is 5.91 Å². The summed E-state index contributed by atoms with van der Waals surface area (Å²) < 4.78 is 19.2. The quantitative estimate of drug-likeness (QED) is 0.566. The number of morpholine rings is 1. The SMILES string of the molecule is O=C1Nc2ccc(F)cc2C1=Cc1[nH]c2c(c1CCC(=O)N1CCOCC1)CCCCC2. The first-order valence-electron chi connectivity index (χ1n) is 11.5. The Kier molecular flexibility index (Phi) is 5.83. The van der Waals surface area contributed by atoms with E-state index in [-0.39, 0.29) is 17.6 Å². The lowest BCUT2D eigenvalue weighted by Crippen LogP contribution is -2.40. The molecule has 1 aromatic carbocycles. The molecule has 0 radical (unpaired) electrons. The molecule has 1 aliphatic carbocycles. The lowest BCUT2D eigenvalue weighted by Gasteiger charge is -2.27. The van der Waals surface area contributed by atoms with Gasteiger partial charge in [-0.05, 0) is 67.5 Å². The van der Waals surface area contributed by atoms with Crippen molar-refractivity contribution < 1.29 is 18.7 Å². The molecular weight excluding hydrogens is 409 g/mol. The first-order chi connectivity index (χ1) is 15.6. The molecule has 0 bridgehead atoms. The van der Waals surface area contributed by atoms with Crippen LogP contribution in [0.3, 0.4) is 0 Å². The van der Waals surface area contributed by atoms with Crippen LogP contribution in [0.4, 0.5) is 10.1 Å². The number of H-pyrrole nitrogens is 1. The summed E-state index contributed by atoms with van der Waals surface area (Å²) in [5.74, 6) is -0.461. The monoisotopic (exact) mass is 437 g/mol. The van der Waals surface area contributed by atoms with Crippen molar-refractivity contribution in [1.82, 2.24) is 9.88 Å². The predicted octanol–water partition coefficient (Wildman–Crippen LogP) is 3.71. The van der Waals surface area contributed by atoms with E-state index in [2.05, 4.69) is 10.3 Å². The van der Waals surface area contributed by atoms with Gasteiger partial charge in [-0.25, -0.2) is 4.39 Å². The van der Waals surface area contributed by atoms with Crippen molar-refractivity contribution in [3.8, 4) is 0 Å². The molecule has 3 heterocycles. The molecule has 7 heteroatoms. The number of anilines is 1. The molecule has 2 aliphatic heterocycles. The maximum absolute atomic E-state index is 13.9. The Balaban J connectivity index is 1.47. The molecular formula is C25H28FN3O3. The molecule has 168 valence electrons. The van der Waals surface area contributed by atoms with E-state index < -0.39 is 0 Å². The smallest absolute Gasteiger partial charge is 0.256 e. The number of hydrogen-bond acceptors (Lipinski definition) is 3. The minimum atomic E-state index is -0.371. The number of aromatic amines is 1. The second-order valence-electron chi connectivity index (χ2n) is 8.73. The van der Waals surface area contributed by atoms with E-state index >= 15 is 0 Å². The maximum atomic E-state index is 13.9. The summed E-state index contributed by atoms with van der Waals surface area (Å²) in [6, 6.07) is 4.34. The third-order valence-corrected chi connectivity index (χ3v) is 6.70. The van der Waals surface area contributed by atoms with Gasteiger partial charge in [0, 0.05) is 42.1 Å². The summed E-state index contributed by atoms with van der Waals surface area (Å²) in [4.78, 5) is 30.8. The highest BCUT2D eigenvalue weighted by atomic mass is 19.1. The van der Waals surface area contributed by atoms with E-state index in [4.69, 9.17) is 4.74 Å². The van der Waals surface area contributed by atoms with Crippen molar-refractivity contribution in [3.05, 3.63) is 52.1 Å². The van der Waals surface area contributed by atoms with Gasteiger partial charge in [-0.1, -0.05) is 6.42 Å². The summed E-state index contributed by atoms with van der Waals surface area (Å²) in [6.45, 7) is 2.47. The highest BCUT2D eigenvalue weighted by molar-refractivity contribution is 6.34. The van der Waals surface area contributed by atoms with Crippen LogP contribution < -0.4 is 5.32 Å². The van der Waals surface area contributed by atoms with Crippen LogP contribution in [-0.2, 0) is 33.6 Å². The number of benzene rings is 1. The van der Waals surface area contributed by atoms with Crippen LogP contribution in [0.5, 0.6) is 0 Å². The highest BCUT2D eigenvalue weighted by Crippen LogP contribution is 2.36. The fraction of sp³-hybridized carbons (Fsp3) is 0.440. The Morgan fingerprint density at radius 3 is 2.81 bits per heavy atom. The molecule has 0 atom stereocenters. The van der Waals surface area contributed by atoms with Crippen molar-refractivity contribution in [2.45, 2.75) is 44.9 Å². The van der Waals surface area contributed by atoms with Gasteiger partial charge < -0.3 is 19.9 Å². The molecule has 0 unspecified atom stereocenters. The zero-order valence-electron chi connectivity index (χ0n) is 18.1. The number of fused-ring (bicyclic) bond motifs is 2. The zero-order chi connectivity index (χ0) is 22.1. The molecule has 6 nitrogen and oxygen atoms in total. The van der Waals surface area contributed by atoms with E-state index in [9.17, 15) is 14.0 Å². The first-order valence-corrected chi connectivity index (χ1v) is 11.5. The van der Waals surface area contributed by atoms with Crippen molar-refractivity contribution in [3.63, 3.8) is 0 Å². The van der Waals surface area contributed by atoms with Gasteiger partial charge in [0.05, 0.1) is 18.8 Å². The van der Waals surface area contributed by atoms with Crippen LogP contribution in [-0.4, -0.2) is 48.0 Å². The van der Waals surface area contributed by atoms with Crippen molar-refractivity contribution >= 4 is 29.2 Å². The zero-order valence-corrected chi connectivity index (χ0v) is 18.1. The molecule has 2 N–H and O–H groups in total. The topological polar surface area (TPSA) is 74.4 Å². The Morgan fingerprint density at radius 1 is 1.16 bits per heavy atom. The van der Waals surface area contributed by atoms with Gasteiger partial charge in [-0.3, -0.25) is 9.59 Å². The van der Waals surface area contributed by atoms with Crippen LogP contribution >= 0.6 is 0 Å². The van der Waals surface area contributed by atoms with Crippen LogP contribution in [0.15, 0.2) is 18.2 Å². The number of hydrogen-bond donors (Lipinski definition) is 2. The summed E-state index contributed by atoms with van der Waals surface area (Å²) >= 11 is 0. The predicted molar refractivity (Wildman–Crippen MR) is 121 cm³/mol. The fourth-order valence-corrected chi connectivity index (χ4v) is 5.01. The lowest BCUT2D eigenvalue weighted by atomic mass is 9.97. The third kappa shape index (κ3) is 4.09. The number of aromatic nitrogens is 1. The molecule has 0 saturated carbocycles. The third-order valence-electron chi connectivity index (χ3n) is 6.70. The van der Waals surface area contributed by atoms with Gasteiger partial charge >= 0.3 is 0 Å². The maximum Gasteiger partial charge on any atom is 0.256 e. The van der Waals surface area contributed by atoms with E-state index in [1.54, 1.807) is 6.07 Å². The summed E-state index contributed by atoms with van der Waals surface area (Å²) in [5.41, 5.74) is 6.15. The molecule has 32 heavy (non-hydrogen) atoms. The number of nitrogens with one attached hydrogen (secondary N) is 2. The number of halogens is 1. The number of nitrogens with zero attached hydrogens (tertiary/aromatic N) is 1. The molecule has 1 aromatic heterocycles. The Hall–Kier alpha value is -2.93. The number of ether oxygens (including phenoxy) is 1. The second kappa shape index (κ2) is 8.90. The Labute approximate surface area is 186 Å².